The van der Waals surface area contributed by atoms with Crippen molar-refractivity contribution < 1.29 is 14.3 Å². The minimum Gasteiger partial charge on any atom is -0.375 e. The van der Waals surface area contributed by atoms with Gasteiger partial charge in [-0.05, 0) is 32.0 Å². The maximum atomic E-state index is 12.7. The zero-order valence-electron chi connectivity index (χ0n) is 15.4. The molecule has 1 atom stereocenters. The number of halogens is 2. The van der Waals surface area contributed by atoms with Crippen molar-refractivity contribution in [2.75, 3.05) is 29.9 Å². The molecule has 150 valence electrons. The number of carbonyl (C=O) groups excluding carboxylic acids is 2. The highest BCUT2D eigenvalue weighted by Crippen LogP contribution is 2.32. The average molecular weight is 426 g/mol. The summed E-state index contributed by atoms with van der Waals surface area (Å²) in [6.07, 6.45) is 0.0172. The molecule has 1 unspecified atom stereocenters. The number of anilines is 2. The molecule has 10 heteroatoms. The quantitative estimate of drug-likeness (QED) is 0.341. The van der Waals surface area contributed by atoms with E-state index in [0.717, 1.165) is 0 Å². The monoisotopic (exact) mass is 425 g/mol. The number of H-pyrrole nitrogens is 1. The number of aromatic nitrogens is 1. The second kappa shape index (κ2) is 8.40. The van der Waals surface area contributed by atoms with Crippen LogP contribution in [-0.4, -0.2) is 42.6 Å². The first kappa shape index (κ1) is 20.5. The zero-order valence-corrected chi connectivity index (χ0v) is 16.9. The van der Waals surface area contributed by atoms with Crippen LogP contribution in [0, 0.1) is 6.92 Å². The van der Waals surface area contributed by atoms with E-state index in [0.29, 0.717) is 47.4 Å². The summed E-state index contributed by atoms with van der Waals surface area (Å²) in [6, 6.07) is 4.92. The summed E-state index contributed by atoms with van der Waals surface area (Å²) in [5.74, 6) is 4.40. The van der Waals surface area contributed by atoms with E-state index in [1.165, 1.54) is 0 Å². The summed E-state index contributed by atoms with van der Waals surface area (Å²) < 4.78 is 5.58. The summed E-state index contributed by atoms with van der Waals surface area (Å²) in [5.41, 5.74) is 4.50. The lowest BCUT2D eigenvalue weighted by molar-refractivity contribution is 0.0533. The zero-order chi connectivity index (χ0) is 20.4. The van der Waals surface area contributed by atoms with Crippen molar-refractivity contribution in [2.45, 2.75) is 20.0 Å². The number of nitrogens with two attached hydrogens (primary N) is 1. The van der Waals surface area contributed by atoms with Crippen LogP contribution in [0.3, 0.4) is 0 Å². The van der Waals surface area contributed by atoms with Gasteiger partial charge in [-0.15, -0.1) is 0 Å². The normalized spacial score (nSPS) is 16.8. The van der Waals surface area contributed by atoms with Crippen LogP contribution in [0.2, 0.25) is 10.0 Å². The number of aromatic amines is 1. The Hall–Kier alpha value is -2.26. The molecule has 1 aromatic heterocycles. The van der Waals surface area contributed by atoms with Gasteiger partial charge in [-0.2, -0.15) is 0 Å². The Bertz CT molecular complexity index is 915. The Balaban J connectivity index is 1.95. The van der Waals surface area contributed by atoms with Crippen LogP contribution in [0.15, 0.2) is 18.2 Å². The molecule has 1 aliphatic heterocycles. The number of hydrogen-bond donors (Lipinski definition) is 4. The van der Waals surface area contributed by atoms with E-state index in [4.69, 9.17) is 33.8 Å². The lowest BCUT2D eigenvalue weighted by Crippen LogP contribution is -2.41. The van der Waals surface area contributed by atoms with Gasteiger partial charge in [-0.25, -0.2) is 5.84 Å². The summed E-state index contributed by atoms with van der Waals surface area (Å²) >= 11 is 12.2. The molecule has 5 N–H and O–H groups in total. The van der Waals surface area contributed by atoms with Gasteiger partial charge in [0.15, 0.2) is 0 Å². The number of hydrogen-bond acceptors (Lipinski definition) is 5. The number of nitrogen functional groups attached to an aromatic ring is 1. The Kier molecular flexibility index (Phi) is 6.14. The maximum Gasteiger partial charge on any atom is 0.273 e. The van der Waals surface area contributed by atoms with Gasteiger partial charge in [0.25, 0.3) is 11.8 Å². The number of nitrogens with zero attached hydrogens (tertiary/aromatic N) is 1. The lowest BCUT2D eigenvalue weighted by atomic mass is 10.1. The molecule has 1 saturated heterocycles. The lowest BCUT2D eigenvalue weighted by Gasteiger charge is -2.34. The number of benzene rings is 1. The average Bonchev–Trinajstić information content (AvgIpc) is 2.95. The highest BCUT2D eigenvalue weighted by Gasteiger charge is 2.23. The first-order valence-electron chi connectivity index (χ1n) is 8.68. The van der Waals surface area contributed by atoms with E-state index < -0.39 is 11.8 Å². The fourth-order valence-corrected chi connectivity index (χ4v) is 3.49. The molecule has 1 aromatic carbocycles. The second-order valence-corrected chi connectivity index (χ2v) is 7.30. The molecule has 0 radical (unpaired) electrons. The molecule has 8 nitrogen and oxygen atoms in total. The van der Waals surface area contributed by atoms with Crippen LogP contribution in [0.5, 0.6) is 0 Å². The first-order chi connectivity index (χ1) is 13.3. The minimum atomic E-state index is -0.432. The van der Waals surface area contributed by atoms with Crippen molar-refractivity contribution in [1.29, 1.82) is 0 Å². The number of aryl methyl sites for hydroxylation is 1. The molecule has 0 bridgehead atoms. The van der Waals surface area contributed by atoms with Gasteiger partial charge >= 0.3 is 0 Å². The van der Waals surface area contributed by atoms with E-state index in [1.54, 1.807) is 25.1 Å². The molecule has 2 amide bonds. The van der Waals surface area contributed by atoms with Crippen LogP contribution in [0.4, 0.5) is 11.4 Å². The van der Waals surface area contributed by atoms with Crippen molar-refractivity contribution in [1.82, 2.24) is 10.4 Å². The van der Waals surface area contributed by atoms with E-state index in [1.807, 2.05) is 11.8 Å². The highest BCUT2D eigenvalue weighted by molar-refractivity contribution is 6.44. The van der Waals surface area contributed by atoms with Gasteiger partial charge in [0.1, 0.15) is 5.69 Å². The number of morpholine rings is 1. The van der Waals surface area contributed by atoms with Crippen molar-refractivity contribution >= 4 is 46.4 Å². The molecular formula is C18H21Cl2N5O3. The number of hydrazine groups is 1. The topological polar surface area (TPSA) is 112 Å². The number of rotatable bonds is 4. The van der Waals surface area contributed by atoms with Gasteiger partial charge in [0.05, 0.1) is 34.1 Å². The summed E-state index contributed by atoms with van der Waals surface area (Å²) in [4.78, 5) is 29.6. The maximum absolute atomic E-state index is 12.7. The van der Waals surface area contributed by atoms with Crippen LogP contribution in [-0.2, 0) is 4.74 Å². The van der Waals surface area contributed by atoms with Gasteiger partial charge in [-0.3, -0.25) is 15.0 Å². The van der Waals surface area contributed by atoms with Crippen molar-refractivity contribution in [3.63, 3.8) is 0 Å². The minimum absolute atomic E-state index is 0.0172. The number of ether oxygens (including phenoxy) is 1. The number of amides is 2. The smallest absolute Gasteiger partial charge is 0.273 e. The van der Waals surface area contributed by atoms with Crippen LogP contribution in [0.1, 0.15) is 33.5 Å². The van der Waals surface area contributed by atoms with Gasteiger partial charge in [0, 0.05) is 24.3 Å². The van der Waals surface area contributed by atoms with Gasteiger partial charge in [-0.1, -0.05) is 23.2 Å². The molecule has 0 saturated carbocycles. The summed E-state index contributed by atoms with van der Waals surface area (Å²) in [6.45, 7) is 5.47. The molecule has 28 heavy (non-hydrogen) atoms. The van der Waals surface area contributed by atoms with E-state index >= 15 is 0 Å². The number of nitrogens with one attached hydrogen (secondary N) is 3. The summed E-state index contributed by atoms with van der Waals surface area (Å²) in [7, 11) is 0. The Morgan fingerprint density at radius 2 is 2.04 bits per heavy atom. The van der Waals surface area contributed by atoms with Gasteiger partial charge in [0.2, 0.25) is 0 Å². The second-order valence-electron chi connectivity index (χ2n) is 6.54. The third-order valence-electron chi connectivity index (χ3n) is 4.50. The van der Waals surface area contributed by atoms with E-state index in [-0.39, 0.29) is 16.8 Å². The Morgan fingerprint density at radius 1 is 1.29 bits per heavy atom. The predicted molar refractivity (Wildman–Crippen MR) is 109 cm³/mol. The Morgan fingerprint density at radius 3 is 2.64 bits per heavy atom. The van der Waals surface area contributed by atoms with Crippen LogP contribution in [0.25, 0.3) is 0 Å². The summed E-state index contributed by atoms with van der Waals surface area (Å²) in [5, 5.41) is 3.32. The largest absolute Gasteiger partial charge is 0.375 e. The molecule has 2 heterocycles. The van der Waals surface area contributed by atoms with E-state index in [2.05, 4.69) is 15.7 Å². The highest BCUT2D eigenvalue weighted by atomic mass is 35.5. The molecule has 2 aromatic rings. The standard InChI is InChI=1S/C18H21Cl2N5O3/c1-9-8-25(5-6-28-9)13-7-11(17(26)24-21)3-4-12(13)23-18(27)16-15(20)14(19)10(2)22-16/h3-4,7,9,22H,5-6,8,21H2,1-2H3,(H,23,27)(H,24,26). The third kappa shape index (κ3) is 4.10. The van der Waals surface area contributed by atoms with Crippen molar-refractivity contribution in [3.8, 4) is 0 Å². The first-order valence-corrected chi connectivity index (χ1v) is 9.43. The molecule has 1 aliphatic rings. The van der Waals surface area contributed by atoms with Gasteiger partial charge < -0.3 is 19.9 Å². The van der Waals surface area contributed by atoms with Crippen molar-refractivity contribution in [2.24, 2.45) is 5.84 Å². The fourth-order valence-electron chi connectivity index (χ4n) is 3.07. The molecule has 0 aliphatic carbocycles. The Labute approximate surface area is 172 Å². The van der Waals surface area contributed by atoms with Crippen LogP contribution >= 0.6 is 23.2 Å². The fraction of sp³-hybridized carbons (Fsp3) is 0.333. The predicted octanol–water partition coefficient (Wildman–Crippen LogP) is 2.71. The third-order valence-corrected chi connectivity index (χ3v) is 5.45. The molecule has 0 spiro atoms. The SMILES string of the molecule is Cc1[nH]c(C(=O)Nc2ccc(C(=O)NN)cc2N2CCOC(C)C2)c(Cl)c1Cl. The van der Waals surface area contributed by atoms with Crippen molar-refractivity contribution in [3.05, 3.63) is 45.2 Å². The van der Waals surface area contributed by atoms with E-state index in [9.17, 15) is 9.59 Å². The molecule has 3 rings (SSSR count). The molecular weight excluding hydrogens is 405 g/mol. The number of carbonyl (C=O) groups is 2. The molecule has 1 fully saturated rings. The van der Waals surface area contributed by atoms with Crippen LogP contribution < -0.4 is 21.5 Å².